The Morgan fingerprint density at radius 2 is 2.36 bits per heavy atom. The highest BCUT2D eigenvalue weighted by Crippen LogP contribution is 2.18. The molecule has 1 fully saturated rings. The molecule has 0 aliphatic carbocycles. The highest BCUT2D eigenvalue weighted by atomic mass is 16.5. The lowest BCUT2D eigenvalue weighted by molar-refractivity contribution is 0.0827. The van der Waals surface area contributed by atoms with Crippen molar-refractivity contribution in [2.75, 3.05) is 33.4 Å². The number of nitrogens with zero attached hydrogens (tertiary/aromatic N) is 1. The molecular formula is C10H22N2O2. The Balaban J connectivity index is 2.44. The van der Waals surface area contributed by atoms with Crippen LogP contribution in [-0.2, 0) is 4.74 Å². The standard InChI is InChI=1S/C10H22N2O2/c1-8-3-4-12(5-8)10(6-13)9(11)7-14-2/h8-10,13H,3-7,11H2,1-2H3. The zero-order valence-electron chi connectivity index (χ0n) is 9.15. The van der Waals surface area contributed by atoms with Gasteiger partial charge in [0.2, 0.25) is 0 Å². The molecule has 1 aliphatic rings. The molecule has 1 rings (SSSR count). The number of likely N-dealkylation sites (tertiary alicyclic amines) is 1. The molecule has 0 spiro atoms. The molecule has 0 saturated carbocycles. The predicted octanol–water partition coefficient (Wildman–Crippen LogP) is -0.337. The number of ether oxygens (including phenoxy) is 1. The number of nitrogens with two attached hydrogens (primary N) is 1. The molecule has 3 N–H and O–H groups in total. The third-order valence-electron chi connectivity index (χ3n) is 2.96. The minimum atomic E-state index is -0.0877. The van der Waals surface area contributed by atoms with Crippen molar-refractivity contribution in [2.45, 2.75) is 25.4 Å². The van der Waals surface area contributed by atoms with E-state index in [9.17, 15) is 5.11 Å². The lowest BCUT2D eigenvalue weighted by Gasteiger charge is -2.30. The maximum atomic E-state index is 9.29. The first-order valence-electron chi connectivity index (χ1n) is 5.28. The van der Waals surface area contributed by atoms with Crippen LogP contribution < -0.4 is 5.73 Å². The second-order valence-corrected chi connectivity index (χ2v) is 4.26. The van der Waals surface area contributed by atoms with E-state index < -0.39 is 0 Å². The molecule has 0 amide bonds. The average Bonchev–Trinajstić information content (AvgIpc) is 2.54. The van der Waals surface area contributed by atoms with E-state index in [0.29, 0.717) is 6.61 Å². The molecule has 1 heterocycles. The van der Waals surface area contributed by atoms with E-state index in [1.54, 1.807) is 7.11 Å². The normalized spacial score (nSPS) is 27.9. The van der Waals surface area contributed by atoms with Gasteiger partial charge in [0.1, 0.15) is 0 Å². The van der Waals surface area contributed by atoms with Crippen molar-refractivity contribution >= 4 is 0 Å². The quantitative estimate of drug-likeness (QED) is 0.640. The largest absolute Gasteiger partial charge is 0.395 e. The summed E-state index contributed by atoms with van der Waals surface area (Å²) in [7, 11) is 1.64. The summed E-state index contributed by atoms with van der Waals surface area (Å²) < 4.78 is 5.01. The highest BCUT2D eigenvalue weighted by Gasteiger charge is 2.29. The minimum absolute atomic E-state index is 0.0555. The Labute approximate surface area is 86.0 Å². The van der Waals surface area contributed by atoms with Crippen LogP contribution in [0.3, 0.4) is 0 Å². The predicted molar refractivity (Wildman–Crippen MR) is 56.1 cm³/mol. The molecule has 1 saturated heterocycles. The Bertz CT molecular complexity index is 166. The van der Waals surface area contributed by atoms with Gasteiger partial charge in [0.25, 0.3) is 0 Å². The first-order chi connectivity index (χ1) is 6.69. The summed E-state index contributed by atoms with van der Waals surface area (Å²) in [6, 6.07) is -0.0322. The van der Waals surface area contributed by atoms with E-state index in [2.05, 4.69) is 11.8 Å². The SMILES string of the molecule is COCC(N)C(CO)N1CCC(C)C1. The molecule has 0 bridgehead atoms. The number of aliphatic hydroxyl groups is 1. The maximum Gasteiger partial charge on any atom is 0.0629 e. The first-order valence-corrected chi connectivity index (χ1v) is 5.28. The van der Waals surface area contributed by atoms with Gasteiger partial charge in [-0.1, -0.05) is 6.92 Å². The lowest BCUT2D eigenvalue weighted by atomic mass is 10.1. The van der Waals surface area contributed by atoms with Crippen LogP contribution in [0.2, 0.25) is 0 Å². The fourth-order valence-corrected chi connectivity index (χ4v) is 2.10. The summed E-state index contributed by atoms with van der Waals surface area (Å²) >= 11 is 0. The van der Waals surface area contributed by atoms with Gasteiger partial charge in [0.15, 0.2) is 0 Å². The van der Waals surface area contributed by atoms with Crippen LogP contribution >= 0.6 is 0 Å². The molecule has 0 aromatic heterocycles. The third-order valence-corrected chi connectivity index (χ3v) is 2.96. The summed E-state index contributed by atoms with van der Waals surface area (Å²) in [5, 5.41) is 9.29. The van der Waals surface area contributed by atoms with Gasteiger partial charge in [-0.3, -0.25) is 4.90 Å². The molecule has 1 aliphatic heterocycles. The average molecular weight is 202 g/mol. The van der Waals surface area contributed by atoms with Crippen LogP contribution in [0, 0.1) is 5.92 Å². The fraction of sp³-hybridized carbons (Fsp3) is 1.00. The summed E-state index contributed by atoms with van der Waals surface area (Å²) in [5.74, 6) is 0.721. The topological polar surface area (TPSA) is 58.7 Å². The zero-order chi connectivity index (χ0) is 10.6. The van der Waals surface area contributed by atoms with Gasteiger partial charge >= 0.3 is 0 Å². The van der Waals surface area contributed by atoms with E-state index in [1.807, 2.05) is 0 Å². The molecule has 0 aromatic rings. The van der Waals surface area contributed by atoms with Gasteiger partial charge in [-0.15, -0.1) is 0 Å². The van der Waals surface area contributed by atoms with E-state index in [4.69, 9.17) is 10.5 Å². The summed E-state index contributed by atoms with van der Waals surface area (Å²) in [5.41, 5.74) is 5.94. The van der Waals surface area contributed by atoms with Crippen molar-refractivity contribution in [3.8, 4) is 0 Å². The second-order valence-electron chi connectivity index (χ2n) is 4.26. The first kappa shape index (κ1) is 11.9. The van der Waals surface area contributed by atoms with Crippen LogP contribution in [0.25, 0.3) is 0 Å². The molecule has 0 radical (unpaired) electrons. The molecule has 4 nitrogen and oxygen atoms in total. The monoisotopic (exact) mass is 202 g/mol. The smallest absolute Gasteiger partial charge is 0.0629 e. The van der Waals surface area contributed by atoms with E-state index in [0.717, 1.165) is 19.0 Å². The molecule has 3 unspecified atom stereocenters. The van der Waals surface area contributed by atoms with Crippen molar-refractivity contribution in [1.29, 1.82) is 0 Å². The molecule has 4 heteroatoms. The Morgan fingerprint density at radius 1 is 1.64 bits per heavy atom. The van der Waals surface area contributed by atoms with Crippen molar-refractivity contribution in [2.24, 2.45) is 11.7 Å². The second kappa shape index (κ2) is 5.66. The van der Waals surface area contributed by atoms with Crippen LogP contribution in [0.1, 0.15) is 13.3 Å². The van der Waals surface area contributed by atoms with Gasteiger partial charge in [-0.2, -0.15) is 0 Å². The molecule has 14 heavy (non-hydrogen) atoms. The van der Waals surface area contributed by atoms with Crippen molar-refractivity contribution in [3.63, 3.8) is 0 Å². The number of methoxy groups -OCH3 is 1. The maximum absolute atomic E-state index is 9.29. The van der Waals surface area contributed by atoms with Crippen LogP contribution in [-0.4, -0.2) is 55.5 Å². The van der Waals surface area contributed by atoms with E-state index >= 15 is 0 Å². The third kappa shape index (κ3) is 2.92. The molecular weight excluding hydrogens is 180 g/mol. The minimum Gasteiger partial charge on any atom is -0.395 e. The summed E-state index contributed by atoms with van der Waals surface area (Å²) in [4.78, 5) is 2.27. The molecule has 3 atom stereocenters. The van der Waals surface area contributed by atoms with Gasteiger partial charge in [0.05, 0.1) is 19.3 Å². The van der Waals surface area contributed by atoms with Gasteiger partial charge in [-0.25, -0.2) is 0 Å². The Hall–Kier alpha value is -0.160. The Kier molecular flexibility index (Phi) is 4.81. The number of aliphatic hydroxyl groups excluding tert-OH is 1. The number of hydrogen-bond donors (Lipinski definition) is 2. The van der Waals surface area contributed by atoms with E-state index in [-0.39, 0.29) is 18.7 Å². The van der Waals surface area contributed by atoms with Crippen LogP contribution in [0.5, 0.6) is 0 Å². The number of rotatable bonds is 5. The summed E-state index contributed by atoms with van der Waals surface area (Å²) in [6.45, 7) is 4.95. The lowest BCUT2D eigenvalue weighted by Crippen LogP contribution is -2.51. The number of hydrogen-bond acceptors (Lipinski definition) is 4. The Morgan fingerprint density at radius 3 is 2.79 bits per heavy atom. The van der Waals surface area contributed by atoms with Gasteiger partial charge < -0.3 is 15.6 Å². The van der Waals surface area contributed by atoms with Crippen molar-refractivity contribution in [3.05, 3.63) is 0 Å². The highest BCUT2D eigenvalue weighted by molar-refractivity contribution is 4.86. The van der Waals surface area contributed by atoms with Crippen molar-refractivity contribution in [1.82, 2.24) is 4.90 Å². The zero-order valence-corrected chi connectivity index (χ0v) is 9.15. The fourth-order valence-electron chi connectivity index (χ4n) is 2.10. The molecule has 0 aromatic carbocycles. The van der Waals surface area contributed by atoms with Gasteiger partial charge in [0, 0.05) is 19.7 Å². The molecule has 84 valence electrons. The summed E-state index contributed by atoms with van der Waals surface area (Å²) in [6.07, 6.45) is 1.20. The van der Waals surface area contributed by atoms with Crippen LogP contribution in [0.15, 0.2) is 0 Å². The van der Waals surface area contributed by atoms with Crippen molar-refractivity contribution < 1.29 is 9.84 Å². The van der Waals surface area contributed by atoms with E-state index in [1.165, 1.54) is 6.42 Å². The van der Waals surface area contributed by atoms with Gasteiger partial charge in [-0.05, 0) is 18.9 Å². The van der Waals surface area contributed by atoms with Crippen LogP contribution in [0.4, 0.5) is 0 Å².